The SMILES string of the molecule is CC(Oc1ccc(CO)cc1Cl)C(=O)NC1CC1. The minimum atomic E-state index is -0.580. The minimum Gasteiger partial charge on any atom is -0.479 e. The summed E-state index contributed by atoms with van der Waals surface area (Å²) < 4.78 is 5.51. The molecule has 18 heavy (non-hydrogen) atoms. The van der Waals surface area contributed by atoms with E-state index in [1.54, 1.807) is 25.1 Å². The van der Waals surface area contributed by atoms with Gasteiger partial charge in [0.05, 0.1) is 11.6 Å². The van der Waals surface area contributed by atoms with Crippen LogP contribution in [0.5, 0.6) is 5.75 Å². The average molecular weight is 270 g/mol. The molecule has 0 radical (unpaired) electrons. The second-order valence-electron chi connectivity index (χ2n) is 4.47. The highest BCUT2D eigenvalue weighted by atomic mass is 35.5. The standard InChI is InChI=1S/C13H16ClNO3/c1-8(13(17)15-10-3-4-10)18-12-5-2-9(7-16)6-11(12)14/h2,5-6,8,10,16H,3-4,7H2,1H3,(H,15,17). The molecule has 4 nitrogen and oxygen atoms in total. The quantitative estimate of drug-likeness (QED) is 0.858. The van der Waals surface area contributed by atoms with Crippen LogP contribution in [-0.4, -0.2) is 23.2 Å². The van der Waals surface area contributed by atoms with E-state index >= 15 is 0 Å². The Kier molecular flexibility index (Phi) is 4.09. The molecule has 2 rings (SSSR count). The molecule has 0 bridgehead atoms. The Balaban J connectivity index is 1.96. The number of hydrogen-bond acceptors (Lipinski definition) is 3. The Bertz CT molecular complexity index is 446. The van der Waals surface area contributed by atoms with Gasteiger partial charge in [0, 0.05) is 6.04 Å². The predicted molar refractivity (Wildman–Crippen MR) is 68.6 cm³/mol. The first-order chi connectivity index (χ1) is 8.60. The van der Waals surface area contributed by atoms with E-state index in [1.807, 2.05) is 0 Å². The number of rotatable bonds is 5. The lowest BCUT2D eigenvalue weighted by molar-refractivity contribution is -0.127. The summed E-state index contributed by atoms with van der Waals surface area (Å²) >= 11 is 6.01. The van der Waals surface area contributed by atoms with Crippen LogP contribution in [0.25, 0.3) is 0 Å². The predicted octanol–water partition coefficient (Wildman–Crippen LogP) is 1.88. The Hall–Kier alpha value is -1.26. The van der Waals surface area contributed by atoms with Crippen LogP contribution >= 0.6 is 11.6 Å². The van der Waals surface area contributed by atoms with Gasteiger partial charge in [0.15, 0.2) is 6.10 Å². The molecule has 0 aliphatic heterocycles. The Morgan fingerprint density at radius 1 is 1.61 bits per heavy atom. The molecule has 0 heterocycles. The number of nitrogens with one attached hydrogen (secondary N) is 1. The van der Waals surface area contributed by atoms with Crippen molar-refractivity contribution in [3.05, 3.63) is 28.8 Å². The van der Waals surface area contributed by atoms with Crippen molar-refractivity contribution < 1.29 is 14.6 Å². The molecule has 1 aromatic carbocycles. The lowest BCUT2D eigenvalue weighted by Crippen LogP contribution is -2.37. The summed E-state index contributed by atoms with van der Waals surface area (Å²) in [6.45, 7) is 1.62. The van der Waals surface area contributed by atoms with E-state index in [1.165, 1.54) is 0 Å². The summed E-state index contributed by atoms with van der Waals surface area (Å²) in [5.41, 5.74) is 0.711. The summed E-state index contributed by atoms with van der Waals surface area (Å²) in [5, 5.41) is 12.2. The van der Waals surface area contributed by atoms with E-state index in [9.17, 15) is 4.79 Å². The van der Waals surface area contributed by atoms with E-state index in [-0.39, 0.29) is 12.5 Å². The molecule has 0 saturated heterocycles. The van der Waals surface area contributed by atoms with Crippen LogP contribution in [0, 0.1) is 0 Å². The number of ether oxygens (including phenoxy) is 1. The fraction of sp³-hybridized carbons (Fsp3) is 0.462. The van der Waals surface area contributed by atoms with Gasteiger partial charge in [-0.15, -0.1) is 0 Å². The number of carbonyl (C=O) groups excluding carboxylic acids is 1. The molecule has 1 aliphatic carbocycles. The van der Waals surface area contributed by atoms with Crippen LogP contribution < -0.4 is 10.1 Å². The van der Waals surface area contributed by atoms with E-state index in [4.69, 9.17) is 21.4 Å². The minimum absolute atomic E-state index is 0.0717. The van der Waals surface area contributed by atoms with E-state index in [0.29, 0.717) is 22.4 Å². The summed E-state index contributed by atoms with van der Waals surface area (Å²) in [6, 6.07) is 5.32. The molecule has 1 aliphatic rings. The number of carbonyl (C=O) groups is 1. The van der Waals surface area contributed by atoms with Gasteiger partial charge in [0.1, 0.15) is 5.75 Å². The largest absolute Gasteiger partial charge is 0.479 e. The lowest BCUT2D eigenvalue weighted by atomic mass is 10.2. The molecule has 5 heteroatoms. The van der Waals surface area contributed by atoms with Crippen LogP contribution in [0.3, 0.4) is 0 Å². The van der Waals surface area contributed by atoms with Crippen LogP contribution in [0.1, 0.15) is 25.3 Å². The van der Waals surface area contributed by atoms with Crippen molar-refractivity contribution in [2.75, 3.05) is 0 Å². The van der Waals surface area contributed by atoms with Gasteiger partial charge < -0.3 is 15.2 Å². The van der Waals surface area contributed by atoms with Crippen LogP contribution in [0.4, 0.5) is 0 Å². The topological polar surface area (TPSA) is 58.6 Å². The number of aliphatic hydroxyl groups is 1. The molecular weight excluding hydrogens is 254 g/mol. The molecule has 0 spiro atoms. The first-order valence-electron chi connectivity index (χ1n) is 5.96. The van der Waals surface area contributed by atoms with Gasteiger partial charge in [0.25, 0.3) is 5.91 Å². The van der Waals surface area contributed by atoms with Crippen LogP contribution in [-0.2, 0) is 11.4 Å². The van der Waals surface area contributed by atoms with Crippen molar-refractivity contribution in [2.24, 2.45) is 0 Å². The van der Waals surface area contributed by atoms with Crippen molar-refractivity contribution in [3.63, 3.8) is 0 Å². The third-order valence-corrected chi connectivity index (χ3v) is 3.07. The molecule has 1 aromatic rings. The van der Waals surface area contributed by atoms with Crippen molar-refractivity contribution in [1.82, 2.24) is 5.32 Å². The Labute approximate surface area is 111 Å². The third-order valence-electron chi connectivity index (χ3n) is 2.78. The molecule has 1 fully saturated rings. The second kappa shape index (κ2) is 5.59. The van der Waals surface area contributed by atoms with Crippen molar-refractivity contribution in [3.8, 4) is 5.75 Å². The zero-order valence-corrected chi connectivity index (χ0v) is 10.9. The first kappa shape index (κ1) is 13.2. The monoisotopic (exact) mass is 269 g/mol. The van der Waals surface area contributed by atoms with Crippen LogP contribution in [0.2, 0.25) is 5.02 Å². The summed E-state index contributed by atoms with van der Waals surface area (Å²) in [7, 11) is 0. The number of benzene rings is 1. The Morgan fingerprint density at radius 3 is 2.89 bits per heavy atom. The van der Waals surface area contributed by atoms with Gasteiger partial charge in [-0.2, -0.15) is 0 Å². The van der Waals surface area contributed by atoms with Crippen molar-refractivity contribution >= 4 is 17.5 Å². The van der Waals surface area contributed by atoms with Crippen molar-refractivity contribution in [2.45, 2.75) is 38.5 Å². The number of halogens is 1. The normalized spacial score (nSPS) is 16.2. The highest BCUT2D eigenvalue weighted by Crippen LogP contribution is 2.26. The maximum absolute atomic E-state index is 11.7. The molecule has 1 unspecified atom stereocenters. The maximum Gasteiger partial charge on any atom is 0.260 e. The fourth-order valence-electron chi connectivity index (χ4n) is 1.53. The first-order valence-corrected chi connectivity index (χ1v) is 6.34. The molecule has 1 saturated carbocycles. The molecule has 0 aromatic heterocycles. The summed E-state index contributed by atoms with van der Waals surface area (Å²) in [6.07, 6.45) is 1.51. The summed E-state index contributed by atoms with van der Waals surface area (Å²) in [5.74, 6) is 0.326. The number of aliphatic hydroxyl groups excluding tert-OH is 1. The molecule has 2 N–H and O–H groups in total. The van der Waals surface area contributed by atoms with Crippen molar-refractivity contribution in [1.29, 1.82) is 0 Å². The van der Waals surface area contributed by atoms with Gasteiger partial charge in [0.2, 0.25) is 0 Å². The fourth-order valence-corrected chi connectivity index (χ4v) is 1.78. The zero-order chi connectivity index (χ0) is 13.1. The third kappa shape index (κ3) is 3.37. The van der Waals surface area contributed by atoms with Gasteiger partial charge >= 0.3 is 0 Å². The van der Waals surface area contributed by atoms with Gasteiger partial charge in [-0.05, 0) is 37.5 Å². The van der Waals surface area contributed by atoms with E-state index in [2.05, 4.69) is 5.32 Å². The van der Waals surface area contributed by atoms with Gasteiger partial charge in [-0.25, -0.2) is 0 Å². The molecule has 98 valence electrons. The molecule has 1 amide bonds. The lowest BCUT2D eigenvalue weighted by Gasteiger charge is -2.15. The van der Waals surface area contributed by atoms with E-state index in [0.717, 1.165) is 12.8 Å². The number of amides is 1. The molecular formula is C13H16ClNO3. The summed E-state index contributed by atoms with van der Waals surface area (Å²) in [4.78, 5) is 11.7. The zero-order valence-electron chi connectivity index (χ0n) is 10.1. The number of hydrogen-bond donors (Lipinski definition) is 2. The smallest absolute Gasteiger partial charge is 0.260 e. The average Bonchev–Trinajstić information content (AvgIpc) is 3.15. The molecule has 1 atom stereocenters. The van der Waals surface area contributed by atoms with Crippen LogP contribution in [0.15, 0.2) is 18.2 Å². The maximum atomic E-state index is 11.7. The van der Waals surface area contributed by atoms with Gasteiger partial charge in [-0.1, -0.05) is 17.7 Å². The Morgan fingerprint density at radius 2 is 2.33 bits per heavy atom. The van der Waals surface area contributed by atoms with Gasteiger partial charge in [-0.3, -0.25) is 4.79 Å². The highest BCUT2D eigenvalue weighted by molar-refractivity contribution is 6.32. The second-order valence-corrected chi connectivity index (χ2v) is 4.87. The highest BCUT2D eigenvalue weighted by Gasteiger charge is 2.26. The van der Waals surface area contributed by atoms with E-state index < -0.39 is 6.10 Å².